The molecule has 1 N–H and O–H groups in total. The van der Waals surface area contributed by atoms with Gasteiger partial charge in [-0.3, -0.25) is 14.4 Å². The first kappa shape index (κ1) is 28.2. The molecule has 1 fully saturated rings. The van der Waals surface area contributed by atoms with Crippen LogP contribution in [-0.4, -0.2) is 54.4 Å². The van der Waals surface area contributed by atoms with Gasteiger partial charge in [0.15, 0.2) is 0 Å². The third-order valence-electron chi connectivity index (χ3n) is 6.49. The lowest BCUT2D eigenvalue weighted by Gasteiger charge is -2.33. The second kappa shape index (κ2) is 12.2. The molecule has 1 amide bonds. The zero-order chi connectivity index (χ0) is 27.1. The lowest BCUT2D eigenvalue weighted by Crippen LogP contribution is -2.43. The van der Waals surface area contributed by atoms with Crippen LogP contribution in [0.25, 0.3) is 0 Å². The van der Waals surface area contributed by atoms with Crippen LogP contribution in [-0.2, 0) is 30.2 Å². The second-order valence-corrected chi connectivity index (χ2v) is 10.1. The topological polar surface area (TPSA) is 103 Å². The molecule has 8 nitrogen and oxygen atoms in total. The standard InChI is InChI=1S/C29H37NO7/c1-20(31)35-25(28(3,4)36-21(2)32)15-17-29(5)26(37-29)19-34-24-13-11-22(12-14-24)16-18-30-27(33)23-9-7-6-8-10-23/h6-14,25-26H,15-19H2,1-5H3,(H,30,33)/t25-,26+,29-/m0/s1. The summed E-state index contributed by atoms with van der Waals surface area (Å²) in [5, 5.41) is 2.93. The zero-order valence-electron chi connectivity index (χ0n) is 22.2. The highest BCUT2D eigenvalue weighted by Crippen LogP contribution is 2.42. The maximum absolute atomic E-state index is 12.1. The van der Waals surface area contributed by atoms with Gasteiger partial charge in [0.2, 0.25) is 0 Å². The van der Waals surface area contributed by atoms with Gasteiger partial charge in [0.1, 0.15) is 30.2 Å². The summed E-state index contributed by atoms with van der Waals surface area (Å²) in [7, 11) is 0. The molecule has 1 saturated heterocycles. The molecule has 3 atom stereocenters. The van der Waals surface area contributed by atoms with Gasteiger partial charge in [-0.25, -0.2) is 0 Å². The minimum absolute atomic E-state index is 0.0813. The Bertz CT molecular complexity index is 1070. The second-order valence-electron chi connectivity index (χ2n) is 10.1. The number of benzene rings is 2. The Morgan fingerprint density at radius 1 is 1.03 bits per heavy atom. The van der Waals surface area contributed by atoms with Gasteiger partial charge in [-0.2, -0.15) is 0 Å². The van der Waals surface area contributed by atoms with Crippen LogP contribution in [0.5, 0.6) is 5.75 Å². The van der Waals surface area contributed by atoms with Gasteiger partial charge >= 0.3 is 11.9 Å². The minimum Gasteiger partial charge on any atom is -0.491 e. The van der Waals surface area contributed by atoms with Crippen LogP contribution in [0.2, 0.25) is 0 Å². The molecular formula is C29H37NO7. The van der Waals surface area contributed by atoms with Crippen molar-refractivity contribution in [2.24, 2.45) is 0 Å². The Morgan fingerprint density at radius 3 is 2.32 bits per heavy atom. The Labute approximate surface area is 218 Å². The number of esters is 2. The van der Waals surface area contributed by atoms with E-state index in [-0.39, 0.29) is 12.0 Å². The fourth-order valence-electron chi connectivity index (χ4n) is 4.26. The number of ether oxygens (including phenoxy) is 4. The summed E-state index contributed by atoms with van der Waals surface area (Å²) in [4.78, 5) is 35.2. The molecule has 37 heavy (non-hydrogen) atoms. The first-order chi connectivity index (χ1) is 17.5. The van der Waals surface area contributed by atoms with E-state index in [0.717, 1.165) is 17.7 Å². The largest absolute Gasteiger partial charge is 0.491 e. The van der Waals surface area contributed by atoms with Crippen LogP contribution in [0, 0.1) is 0 Å². The molecule has 200 valence electrons. The lowest BCUT2D eigenvalue weighted by atomic mass is 9.92. The number of epoxide rings is 1. The normalized spacial score (nSPS) is 19.4. The lowest BCUT2D eigenvalue weighted by molar-refractivity contribution is -0.179. The first-order valence-electron chi connectivity index (χ1n) is 12.6. The molecule has 1 aliphatic rings. The molecule has 2 aromatic carbocycles. The highest BCUT2D eigenvalue weighted by atomic mass is 16.6. The number of hydrogen-bond acceptors (Lipinski definition) is 7. The van der Waals surface area contributed by atoms with E-state index in [2.05, 4.69) is 5.32 Å². The monoisotopic (exact) mass is 511 g/mol. The SMILES string of the molecule is CC(=O)O[C@@H](CC[C@]1(C)O[C@@H]1COc1ccc(CCNC(=O)c2ccccc2)cc1)C(C)(C)OC(C)=O. The van der Waals surface area contributed by atoms with Crippen molar-refractivity contribution >= 4 is 17.8 Å². The maximum Gasteiger partial charge on any atom is 0.303 e. The van der Waals surface area contributed by atoms with Crippen molar-refractivity contribution < 1.29 is 33.3 Å². The molecule has 2 aromatic rings. The van der Waals surface area contributed by atoms with E-state index in [9.17, 15) is 14.4 Å². The smallest absolute Gasteiger partial charge is 0.303 e. The highest BCUT2D eigenvalue weighted by molar-refractivity contribution is 5.94. The molecule has 0 spiro atoms. The van der Waals surface area contributed by atoms with Gasteiger partial charge in [0.05, 0.1) is 5.60 Å². The van der Waals surface area contributed by atoms with Crippen LogP contribution in [0.4, 0.5) is 0 Å². The molecular weight excluding hydrogens is 474 g/mol. The molecule has 3 rings (SSSR count). The number of hydrogen-bond donors (Lipinski definition) is 1. The van der Waals surface area contributed by atoms with Gasteiger partial charge in [0, 0.05) is 26.0 Å². The van der Waals surface area contributed by atoms with Crippen molar-refractivity contribution in [1.82, 2.24) is 5.32 Å². The fraction of sp³-hybridized carbons (Fsp3) is 0.483. The van der Waals surface area contributed by atoms with Crippen molar-refractivity contribution in [1.29, 1.82) is 0 Å². The van der Waals surface area contributed by atoms with Crippen molar-refractivity contribution in [3.63, 3.8) is 0 Å². The van der Waals surface area contributed by atoms with Gasteiger partial charge in [-0.05, 0) is 69.9 Å². The van der Waals surface area contributed by atoms with E-state index in [0.29, 0.717) is 31.6 Å². The quantitative estimate of drug-likeness (QED) is 0.317. The van der Waals surface area contributed by atoms with Crippen LogP contribution in [0.1, 0.15) is 63.4 Å². The van der Waals surface area contributed by atoms with Gasteiger partial charge in [-0.1, -0.05) is 30.3 Å². The summed E-state index contributed by atoms with van der Waals surface area (Å²) in [6, 6.07) is 16.9. The molecule has 0 bridgehead atoms. The summed E-state index contributed by atoms with van der Waals surface area (Å²) >= 11 is 0. The Kier molecular flexibility index (Phi) is 9.32. The Hall–Kier alpha value is -3.39. The summed E-state index contributed by atoms with van der Waals surface area (Å²) in [6.45, 7) is 9.09. The fourth-order valence-corrected chi connectivity index (χ4v) is 4.26. The van der Waals surface area contributed by atoms with Crippen LogP contribution >= 0.6 is 0 Å². The van der Waals surface area contributed by atoms with Crippen LogP contribution < -0.4 is 10.1 Å². The first-order valence-corrected chi connectivity index (χ1v) is 12.6. The third kappa shape index (κ3) is 8.60. The number of rotatable bonds is 13. The highest BCUT2D eigenvalue weighted by Gasteiger charge is 2.53. The maximum atomic E-state index is 12.1. The molecule has 0 aromatic heterocycles. The minimum atomic E-state index is -0.944. The van der Waals surface area contributed by atoms with Crippen molar-refractivity contribution in [2.45, 2.75) is 77.3 Å². The number of carbonyl (C=O) groups excluding carboxylic acids is 3. The van der Waals surface area contributed by atoms with Crippen molar-refractivity contribution in [2.75, 3.05) is 13.2 Å². The molecule has 0 unspecified atom stereocenters. The predicted octanol–water partition coefficient (Wildman–Crippen LogP) is 4.25. The van der Waals surface area contributed by atoms with Crippen molar-refractivity contribution in [3.8, 4) is 5.75 Å². The molecule has 1 heterocycles. The van der Waals surface area contributed by atoms with E-state index >= 15 is 0 Å². The molecule has 8 heteroatoms. The summed E-state index contributed by atoms with van der Waals surface area (Å²) in [5.41, 5.74) is 0.401. The van der Waals surface area contributed by atoms with E-state index in [1.54, 1.807) is 26.0 Å². The molecule has 1 aliphatic heterocycles. The average Bonchev–Trinajstić information content (AvgIpc) is 3.50. The van der Waals surface area contributed by atoms with E-state index in [1.165, 1.54) is 13.8 Å². The number of nitrogens with one attached hydrogen (secondary N) is 1. The number of carbonyl (C=O) groups is 3. The van der Waals surface area contributed by atoms with Gasteiger partial charge in [-0.15, -0.1) is 0 Å². The van der Waals surface area contributed by atoms with Crippen LogP contribution in [0.3, 0.4) is 0 Å². The number of amides is 1. The van der Waals surface area contributed by atoms with Gasteiger partial charge in [0.25, 0.3) is 5.91 Å². The predicted molar refractivity (Wildman–Crippen MR) is 138 cm³/mol. The molecule has 0 aliphatic carbocycles. The average molecular weight is 512 g/mol. The summed E-state index contributed by atoms with van der Waals surface area (Å²) in [6.07, 6.45) is 1.16. The summed E-state index contributed by atoms with van der Waals surface area (Å²) < 4.78 is 22.7. The van der Waals surface area contributed by atoms with Crippen LogP contribution in [0.15, 0.2) is 54.6 Å². The Balaban J connectivity index is 1.41. The van der Waals surface area contributed by atoms with E-state index in [4.69, 9.17) is 18.9 Å². The summed E-state index contributed by atoms with van der Waals surface area (Å²) in [5.74, 6) is -0.190. The van der Waals surface area contributed by atoms with E-state index in [1.807, 2.05) is 49.4 Å². The zero-order valence-corrected chi connectivity index (χ0v) is 22.2. The van der Waals surface area contributed by atoms with Crippen molar-refractivity contribution in [3.05, 3.63) is 65.7 Å². The molecule has 0 saturated carbocycles. The third-order valence-corrected chi connectivity index (χ3v) is 6.49. The van der Waals surface area contributed by atoms with Gasteiger partial charge < -0.3 is 24.3 Å². The Morgan fingerprint density at radius 2 is 1.70 bits per heavy atom. The van der Waals surface area contributed by atoms with E-state index < -0.39 is 29.2 Å². The molecule has 0 radical (unpaired) electrons.